The summed E-state index contributed by atoms with van der Waals surface area (Å²) in [7, 11) is 1.67. The maximum Gasteiger partial charge on any atom is 0.154 e. The largest absolute Gasteiger partial charge is 0.593 e. The molecule has 4 saturated carbocycles. The average Bonchev–Trinajstić information content (AvgIpc) is 3.15. The van der Waals surface area contributed by atoms with Gasteiger partial charge >= 0.3 is 0 Å². The summed E-state index contributed by atoms with van der Waals surface area (Å²) in [6.45, 7) is 7.41. The quantitative estimate of drug-likeness (QED) is 0.640. The second-order valence-electron chi connectivity index (χ2n) is 13.0. The Morgan fingerprint density at radius 3 is 2.65 bits per heavy atom. The molecule has 0 amide bonds. The molecule has 0 aliphatic heterocycles. The standard InChI is InChI=1S/C29H41N2O3/c1-27(33)13-14-28(2)18(16-27)5-7-20-21-8-9-23(29(21,3)12-11-22(20)28)26(32)17-31-25-15-19(34-4)6-10-24(25)30-31/h6,10,15,18,20-23,33H,5,7-9,11-14,16-17H2,1-4H3/q-1/t18-,20+,21+,22+,23-,27-,28+,29+/m1/s1. The van der Waals surface area contributed by atoms with E-state index in [-0.39, 0.29) is 11.3 Å². The molecule has 0 radical (unpaired) electrons. The maximum atomic E-state index is 13.6. The first-order valence-electron chi connectivity index (χ1n) is 13.6. The number of hydrogen-bond donors (Lipinski definition) is 1. The van der Waals surface area contributed by atoms with Gasteiger partial charge in [0.05, 0.1) is 19.3 Å². The van der Waals surface area contributed by atoms with E-state index in [0.29, 0.717) is 29.6 Å². The molecule has 1 N–H and O–H groups in total. The maximum absolute atomic E-state index is 13.6. The van der Waals surface area contributed by atoms with Crippen molar-refractivity contribution >= 4 is 16.8 Å². The van der Waals surface area contributed by atoms with Crippen LogP contribution in [-0.4, -0.2) is 28.3 Å². The number of fused-ring (bicyclic) bond motifs is 6. The van der Waals surface area contributed by atoms with E-state index in [1.54, 1.807) is 7.11 Å². The second-order valence-corrected chi connectivity index (χ2v) is 13.0. The van der Waals surface area contributed by atoms with Crippen LogP contribution in [0.2, 0.25) is 0 Å². The van der Waals surface area contributed by atoms with E-state index in [1.165, 1.54) is 32.1 Å². The number of Topliss-reactive ketones (excluding diaryl/α,β-unsaturated/α-hetero) is 1. The number of nitrogens with zero attached hydrogens (tertiary/aromatic N) is 2. The van der Waals surface area contributed by atoms with E-state index >= 15 is 0 Å². The topological polar surface area (TPSA) is 65.6 Å². The number of ketones is 1. The van der Waals surface area contributed by atoms with Crippen molar-refractivity contribution in [3.05, 3.63) is 18.2 Å². The van der Waals surface area contributed by atoms with Crippen LogP contribution in [0.3, 0.4) is 0 Å². The summed E-state index contributed by atoms with van der Waals surface area (Å²) in [6, 6.07) is 5.87. The molecule has 0 bridgehead atoms. The van der Waals surface area contributed by atoms with Crippen molar-refractivity contribution in [2.45, 2.75) is 90.7 Å². The smallest absolute Gasteiger partial charge is 0.154 e. The number of hydrogen-bond acceptors (Lipinski definition) is 3. The number of carbonyl (C=O) groups is 1. The molecule has 1 aromatic heterocycles. The highest BCUT2D eigenvalue weighted by molar-refractivity contribution is 5.85. The van der Waals surface area contributed by atoms with Crippen LogP contribution >= 0.6 is 0 Å². The van der Waals surface area contributed by atoms with Crippen LogP contribution in [0.15, 0.2) is 18.2 Å². The lowest BCUT2D eigenvalue weighted by Crippen LogP contribution is -2.55. The van der Waals surface area contributed by atoms with Crippen molar-refractivity contribution in [1.29, 1.82) is 0 Å². The van der Waals surface area contributed by atoms with Gasteiger partial charge in [-0.2, -0.15) is 0 Å². The van der Waals surface area contributed by atoms with E-state index in [0.717, 1.165) is 54.3 Å². The predicted octanol–water partition coefficient (Wildman–Crippen LogP) is 5.59. The summed E-state index contributed by atoms with van der Waals surface area (Å²) in [4.78, 5) is 13.6. The van der Waals surface area contributed by atoms with E-state index < -0.39 is 5.60 Å². The van der Waals surface area contributed by atoms with E-state index in [4.69, 9.17) is 4.74 Å². The normalized spacial score (nSPS) is 43.9. The van der Waals surface area contributed by atoms with Crippen LogP contribution in [0.4, 0.5) is 0 Å². The van der Waals surface area contributed by atoms with Crippen LogP contribution in [0, 0.1) is 40.4 Å². The molecule has 1 heterocycles. The third kappa shape index (κ3) is 3.25. The van der Waals surface area contributed by atoms with Gasteiger partial charge in [0.1, 0.15) is 5.75 Å². The molecule has 6 rings (SSSR count). The van der Waals surface area contributed by atoms with Gasteiger partial charge in [-0.25, -0.2) is 0 Å². The monoisotopic (exact) mass is 465 g/mol. The highest BCUT2D eigenvalue weighted by atomic mass is 16.5. The van der Waals surface area contributed by atoms with E-state index in [1.807, 2.05) is 29.8 Å². The van der Waals surface area contributed by atoms with Crippen molar-refractivity contribution in [2.24, 2.45) is 40.4 Å². The molecule has 4 aliphatic rings. The van der Waals surface area contributed by atoms with Gasteiger partial charge < -0.3 is 19.6 Å². The molecular weight excluding hydrogens is 424 g/mol. The minimum absolute atomic E-state index is 0.129. The molecule has 5 heteroatoms. The molecule has 186 valence electrons. The van der Waals surface area contributed by atoms with Gasteiger partial charge in [0, 0.05) is 17.5 Å². The highest BCUT2D eigenvalue weighted by Gasteiger charge is 2.61. The fraction of sp³-hybridized carbons (Fsp3) is 0.759. The van der Waals surface area contributed by atoms with Gasteiger partial charge in [0.15, 0.2) is 5.78 Å². The lowest BCUT2D eigenvalue weighted by Gasteiger charge is -2.61. The SMILES string of the molecule is COc1ccc2[n-]n(CC(=O)[C@H]3CC[C@H]4[C@@H]5CC[C@@H]6C[C@](C)(O)CC[C@]6(C)[C@H]5CC[C@]34C)c2c1. The zero-order valence-electron chi connectivity index (χ0n) is 21.3. The van der Waals surface area contributed by atoms with Crippen molar-refractivity contribution < 1.29 is 14.6 Å². The highest BCUT2D eigenvalue weighted by Crippen LogP contribution is 2.68. The minimum Gasteiger partial charge on any atom is -0.593 e. The van der Waals surface area contributed by atoms with Crippen molar-refractivity contribution in [1.82, 2.24) is 9.78 Å². The van der Waals surface area contributed by atoms with Gasteiger partial charge in [0.25, 0.3) is 0 Å². The Morgan fingerprint density at radius 1 is 1.06 bits per heavy atom. The second kappa shape index (κ2) is 7.62. The van der Waals surface area contributed by atoms with Crippen LogP contribution in [0.5, 0.6) is 5.75 Å². The van der Waals surface area contributed by atoms with Crippen molar-refractivity contribution in [3.63, 3.8) is 0 Å². The fourth-order valence-corrected chi connectivity index (χ4v) is 9.40. The zero-order valence-corrected chi connectivity index (χ0v) is 21.3. The molecule has 0 unspecified atom stereocenters. The summed E-state index contributed by atoms with van der Waals surface area (Å²) < 4.78 is 7.24. The van der Waals surface area contributed by atoms with E-state index in [2.05, 4.69) is 18.9 Å². The van der Waals surface area contributed by atoms with Gasteiger partial charge in [-0.15, -0.1) is 5.52 Å². The van der Waals surface area contributed by atoms with Crippen molar-refractivity contribution in [3.8, 4) is 5.75 Å². The summed E-state index contributed by atoms with van der Waals surface area (Å²) in [5.74, 6) is 4.17. The molecule has 34 heavy (non-hydrogen) atoms. The molecule has 5 nitrogen and oxygen atoms in total. The lowest BCUT2D eigenvalue weighted by molar-refractivity contribution is -0.151. The molecule has 1 aromatic carbocycles. The van der Waals surface area contributed by atoms with Crippen LogP contribution in [0.25, 0.3) is 11.0 Å². The number of rotatable bonds is 4. The third-order valence-corrected chi connectivity index (χ3v) is 11.3. The van der Waals surface area contributed by atoms with Crippen LogP contribution in [-0.2, 0) is 11.3 Å². The molecule has 8 atom stereocenters. The Hall–Kier alpha value is -1.75. The average molecular weight is 466 g/mol. The van der Waals surface area contributed by atoms with Crippen LogP contribution < -0.4 is 9.84 Å². The first-order chi connectivity index (χ1) is 16.1. The van der Waals surface area contributed by atoms with Gasteiger partial charge in [-0.1, -0.05) is 19.9 Å². The minimum atomic E-state index is -0.477. The Kier molecular flexibility index (Phi) is 5.09. The Labute approximate surface area is 203 Å². The Bertz CT molecular complexity index is 1100. The lowest BCUT2D eigenvalue weighted by atomic mass is 9.44. The Balaban J connectivity index is 1.20. The predicted molar refractivity (Wildman–Crippen MR) is 133 cm³/mol. The number of aliphatic hydroxyl groups is 1. The van der Waals surface area contributed by atoms with E-state index in [9.17, 15) is 9.90 Å². The van der Waals surface area contributed by atoms with Crippen molar-refractivity contribution in [2.75, 3.05) is 7.11 Å². The number of ether oxygens (including phenoxy) is 1. The first kappa shape index (κ1) is 22.7. The third-order valence-electron chi connectivity index (χ3n) is 11.3. The summed E-state index contributed by atoms with van der Waals surface area (Å²) in [6.07, 6.45) is 10.3. The zero-order chi connectivity index (χ0) is 23.9. The summed E-state index contributed by atoms with van der Waals surface area (Å²) in [5, 5.41) is 15.3. The molecule has 4 fully saturated rings. The number of carbonyl (C=O) groups excluding carboxylic acids is 1. The summed E-state index contributed by atoms with van der Waals surface area (Å²) >= 11 is 0. The van der Waals surface area contributed by atoms with Gasteiger partial charge in [-0.3, -0.25) is 4.79 Å². The molecular formula is C29H41N2O3-. The number of methoxy groups -OCH3 is 1. The van der Waals surface area contributed by atoms with Gasteiger partial charge in [0.2, 0.25) is 0 Å². The van der Waals surface area contributed by atoms with Gasteiger partial charge in [-0.05, 0) is 105 Å². The number of aromatic nitrogens is 2. The molecule has 4 aliphatic carbocycles. The summed E-state index contributed by atoms with van der Waals surface area (Å²) in [5.41, 5.74) is 1.98. The molecule has 0 spiro atoms. The van der Waals surface area contributed by atoms with Crippen LogP contribution in [0.1, 0.15) is 78.6 Å². The first-order valence-corrected chi connectivity index (χ1v) is 13.6. The Morgan fingerprint density at radius 2 is 1.85 bits per heavy atom. The molecule has 2 aromatic rings. The molecule has 0 saturated heterocycles. The number of benzene rings is 1. The fourth-order valence-electron chi connectivity index (χ4n) is 9.40.